The molecule has 0 bridgehead atoms. The first-order valence-corrected chi connectivity index (χ1v) is 7.68. The number of likely N-dealkylation sites (N-methyl/N-ethyl adjacent to an activating group) is 1. The van der Waals surface area contributed by atoms with Crippen molar-refractivity contribution in [3.8, 4) is 0 Å². The first-order chi connectivity index (χ1) is 8.89. The highest BCUT2D eigenvalue weighted by Crippen LogP contribution is 2.29. The van der Waals surface area contributed by atoms with E-state index in [-0.39, 0.29) is 4.90 Å². The van der Waals surface area contributed by atoms with Gasteiger partial charge < -0.3 is 9.73 Å². The van der Waals surface area contributed by atoms with E-state index in [1.165, 1.54) is 4.31 Å². The minimum absolute atomic E-state index is 0.281. The molecule has 5 nitrogen and oxygen atoms in total. The third-order valence-electron chi connectivity index (χ3n) is 2.96. The minimum Gasteiger partial charge on any atom is -0.465 e. The van der Waals surface area contributed by atoms with Crippen LogP contribution in [0.25, 0.3) is 0 Å². The molecule has 1 aromatic rings. The number of nitrogens with zero attached hydrogens (tertiary/aromatic N) is 1. The van der Waals surface area contributed by atoms with E-state index in [0.717, 1.165) is 0 Å². The maximum absolute atomic E-state index is 12.7. The molecule has 19 heavy (non-hydrogen) atoms. The van der Waals surface area contributed by atoms with Crippen molar-refractivity contribution in [1.29, 1.82) is 0 Å². The zero-order chi connectivity index (χ0) is 14.6. The predicted molar refractivity (Wildman–Crippen MR) is 75.6 cm³/mol. The molecule has 0 fully saturated rings. The van der Waals surface area contributed by atoms with Gasteiger partial charge in [0, 0.05) is 25.2 Å². The highest BCUT2D eigenvalue weighted by atomic mass is 32.2. The Kier molecular flexibility index (Phi) is 5.34. The molecule has 0 radical (unpaired) electrons. The zero-order valence-corrected chi connectivity index (χ0v) is 12.8. The lowest BCUT2D eigenvalue weighted by atomic mass is 10.2. The van der Waals surface area contributed by atoms with Crippen molar-refractivity contribution in [3.05, 3.63) is 29.7 Å². The molecule has 0 aliphatic carbocycles. The molecular weight excluding hydrogens is 264 g/mol. The molecule has 1 aromatic heterocycles. The lowest BCUT2D eigenvalue weighted by molar-refractivity contribution is 0.453. The number of hydrogen-bond acceptors (Lipinski definition) is 4. The molecule has 0 saturated carbocycles. The molecule has 0 amide bonds. The van der Waals surface area contributed by atoms with Crippen molar-refractivity contribution >= 4 is 10.0 Å². The molecule has 0 aliphatic rings. The van der Waals surface area contributed by atoms with Crippen molar-refractivity contribution in [1.82, 2.24) is 9.62 Å². The Balaban J connectivity index is 3.38. The second-order valence-electron chi connectivity index (χ2n) is 4.30. The van der Waals surface area contributed by atoms with E-state index in [1.807, 2.05) is 0 Å². The summed E-state index contributed by atoms with van der Waals surface area (Å²) in [6.45, 7) is 10.0. The Morgan fingerprint density at radius 1 is 1.37 bits per heavy atom. The van der Waals surface area contributed by atoms with E-state index in [2.05, 4.69) is 11.9 Å². The Bertz CT molecular complexity index is 546. The fourth-order valence-electron chi connectivity index (χ4n) is 2.10. The molecule has 0 aliphatic heterocycles. The second-order valence-corrected chi connectivity index (χ2v) is 6.17. The number of hydrogen-bond donors (Lipinski definition) is 1. The highest BCUT2D eigenvalue weighted by Gasteiger charge is 2.30. The lowest BCUT2D eigenvalue weighted by Gasteiger charge is -2.19. The Morgan fingerprint density at radius 2 is 2.00 bits per heavy atom. The van der Waals surface area contributed by atoms with Crippen LogP contribution >= 0.6 is 0 Å². The molecule has 1 N–H and O–H groups in total. The van der Waals surface area contributed by atoms with Crippen molar-refractivity contribution in [2.75, 3.05) is 20.1 Å². The number of sulfonamides is 1. The minimum atomic E-state index is -3.55. The number of nitrogens with one attached hydrogen (secondary N) is 1. The maximum atomic E-state index is 12.7. The predicted octanol–water partition coefficient (Wildman–Crippen LogP) is 1.81. The Hall–Kier alpha value is -1.11. The van der Waals surface area contributed by atoms with Crippen LogP contribution in [0.15, 0.2) is 22.0 Å². The van der Waals surface area contributed by atoms with Crippen molar-refractivity contribution in [3.63, 3.8) is 0 Å². The van der Waals surface area contributed by atoms with E-state index in [1.54, 1.807) is 33.9 Å². The summed E-state index contributed by atoms with van der Waals surface area (Å²) < 4.78 is 32.2. The van der Waals surface area contributed by atoms with Gasteiger partial charge in [0.05, 0.1) is 0 Å². The summed E-state index contributed by atoms with van der Waals surface area (Å²) in [5.74, 6) is 1.07. The zero-order valence-electron chi connectivity index (χ0n) is 12.0. The lowest BCUT2D eigenvalue weighted by Crippen LogP contribution is -2.32. The summed E-state index contributed by atoms with van der Waals surface area (Å²) in [5, 5.41) is 2.98. The SMILES string of the molecule is C=CCN(CC)S(=O)(=O)c1c(C)oc(C)c1CNC. The van der Waals surface area contributed by atoms with E-state index in [9.17, 15) is 8.42 Å². The average molecular weight is 286 g/mol. The standard InChI is InChI=1S/C13H22N2O3S/c1-6-8-15(7-2)19(16,17)13-11(4)18-10(3)12(13)9-14-5/h6,14H,1,7-9H2,2-5H3. The van der Waals surface area contributed by atoms with Crippen LogP contribution < -0.4 is 5.32 Å². The van der Waals surface area contributed by atoms with Gasteiger partial charge >= 0.3 is 0 Å². The Morgan fingerprint density at radius 3 is 2.47 bits per heavy atom. The summed E-state index contributed by atoms with van der Waals surface area (Å²) in [5.41, 5.74) is 0.697. The van der Waals surface area contributed by atoms with Crippen LogP contribution in [0.5, 0.6) is 0 Å². The van der Waals surface area contributed by atoms with Gasteiger partial charge in [-0.2, -0.15) is 4.31 Å². The molecule has 6 heteroatoms. The van der Waals surface area contributed by atoms with Gasteiger partial charge in [-0.15, -0.1) is 6.58 Å². The smallest absolute Gasteiger partial charge is 0.247 e. The van der Waals surface area contributed by atoms with Crippen LogP contribution in [0.3, 0.4) is 0 Å². The third-order valence-corrected chi connectivity index (χ3v) is 5.10. The van der Waals surface area contributed by atoms with Gasteiger partial charge in [0.2, 0.25) is 10.0 Å². The fraction of sp³-hybridized carbons (Fsp3) is 0.538. The van der Waals surface area contributed by atoms with Crippen molar-refractivity contribution in [2.24, 2.45) is 0 Å². The summed E-state index contributed by atoms with van der Waals surface area (Å²) in [6, 6.07) is 0. The molecule has 0 unspecified atom stereocenters. The third kappa shape index (κ3) is 3.08. The van der Waals surface area contributed by atoms with Gasteiger partial charge in [-0.3, -0.25) is 0 Å². The maximum Gasteiger partial charge on any atom is 0.247 e. The topological polar surface area (TPSA) is 62.6 Å². The number of aryl methyl sites for hydroxylation is 2. The summed E-state index contributed by atoms with van der Waals surface area (Å²) in [7, 11) is -1.77. The first-order valence-electron chi connectivity index (χ1n) is 6.24. The normalized spacial score (nSPS) is 12.1. The highest BCUT2D eigenvalue weighted by molar-refractivity contribution is 7.89. The van der Waals surface area contributed by atoms with Gasteiger partial charge in [-0.25, -0.2) is 8.42 Å². The van der Waals surface area contributed by atoms with Gasteiger partial charge in [-0.05, 0) is 20.9 Å². The van der Waals surface area contributed by atoms with Gasteiger partial charge in [-0.1, -0.05) is 13.0 Å². The van der Waals surface area contributed by atoms with E-state index in [4.69, 9.17) is 4.42 Å². The molecule has 108 valence electrons. The summed E-state index contributed by atoms with van der Waals surface area (Å²) in [6.07, 6.45) is 1.58. The van der Waals surface area contributed by atoms with Gasteiger partial charge in [0.25, 0.3) is 0 Å². The molecule has 1 heterocycles. The molecule has 0 atom stereocenters. The van der Waals surface area contributed by atoms with Gasteiger partial charge in [0.1, 0.15) is 16.4 Å². The molecule has 0 aromatic carbocycles. The summed E-state index contributed by atoms with van der Waals surface area (Å²) >= 11 is 0. The van der Waals surface area contributed by atoms with Crippen molar-refractivity contribution < 1.29 is 12.8 Å². The molecular formula is C13H22N2O3S. The van der Waals surface area contributed by atoms with Crippen LogP contribution in [0, 0.1) is 13.8 Å². The first kappa shape index (κ1) is 15.9. The van der Waals surface area contributed by atoms with E-state index in [0.29, 0.717) is 36.7 Å². The van der Waals surface area contributed by atoms with Crippen LogP contribution in [0.2, 0.25) is 0 Å². The van der Waals surface area contributed by atoms with Crippen LogP contribution in [0.1, 0.15) is 24.0 Å². The van der Waals surface area contributed by atoms with Crippen LogP contribution in [0.4, 0.5) is 0 Å². The fourth-order valence-corrected chi connectivity index (χ4v) is 3.93. The summed E-state index contributed by atoms with van der Waals surface area (Å²) in [4.78, 5) is 0.281. The van der Waals surface area contributed by atoms with Gasteiger partial charge in [0.15, 0.2) is 0 Å². The van der Waals surface area contributed by atoms with E-state index < -0.39 is 10.0 Å². The molecule has 0 saturated heterocycles. The Labute approximate surface area is 115 Å². The quantitative estimate of drug-likeness (QED) is 0.777. The monoisotopic (exact) mass is 286 g/mol. The number of rotatable bonds is 7. The van der Waals surface area contributed by atoms with Crippen LogP contribution in [-0.2, 0) is 16.6 Å². The second kappa shape index (κ2) is 6.36. The molecule has 0 spiro atoms. The van der Waals surface area contributed by atoms with Crippen LogP contribution in [-0.4, -0.2) is 32.9 Å². The van der Waals surface area contributed by atoms with E-state index >= 15 is 0 Å². The number of furan rings is 1. The van der Waals surface area contributed by atoms with Crippen molar-refractivity contribution in [2.45, 2.75) is 32.2 Å². The average Bonchev–Trinajstić information content (AvgIpc) is 2.62. The largest absolute Gasteiger partial charge is 0.465 e. The molecule has 1 rings (SSSR count).